The van der Waals surface area contributed by atoms with E-state index < -0.39 is 0 Å². The molecule has 1 saturated heterocycles. The maximum absolute atomic E-state index is 5.42. The molecule has 0 amide bonds. The van der Waals surface area contributed by atoms with Gasteiger partial charge in [0.1, 0.15) is 11.5 Å². The molecule has 0 bridgehead atoms. The molecule has 2 rings (SSSR count). The molecule has 0 spiro atoms. The highest BCUT2D eigenvalue weighted by Gasteiger charge is 2.16. The van der Waals surface area contributed by atoms with E-state index in [1.165, 1.54) is 0 Å². The van der Waals surface area contributed by atoms with E-state index in [4.69, 9.17) is 9.47 Å². The normalized spacial score (nSPS) is 15.3. The lowest BCUT2D eigenvalue weighted by atomic mass is 10.0. The number of benzene rings is 1. The smallest absolute Gasteiger partial charge is 0.123 e. The third-order valence-corrected chi connectivity index (χ3v) is 3.41. The van der Waals surface area contributed by atoms with E-state index in [0.29, 0.717) is 0 Å². The number of ether oxygens (including phenoxy) is 2. The van der Waals surface area contributed by atoms with E-state index in [0.717, 1.165) is 54.7 Å². The fourth-order valence-electron chi connectivity index (χ4n) is 2.16. The van der Waals surface area contributed by atoms with Gasteiger partial charge in [-0.1, -0.05) is 0 Å². The molecular weight excluding hydrogens is 228 g/mol. The molecule has 18 heavy (non-hydrogen) atoms. The molecule has 2 N–H and O–H groups in total. The molecular formula is C14H22N2O2. The second-order valence-electron chi connectivity index (χ2n) is 4.79. The molecule has 0 radical (unpaired) electrons. The van der Waals surface area contributed by atoms with E-state index in [-0.39, 0.29) is 0 Å². The summed E-state index contributed by atoms with van der Waals surface area (Å²) in [6.07, 6.45) is 0. The molecule has 100 valence electrons. The largest absolute Gasteiger partial charge is 0.496 e. The summed E-state index contributed by atoms with van der Waals surface area (Å²) >= 11 is 0. The van der Waals surface area contributed by atoms with E-state index in [1.807, 2.05) is 13.0 Å². The first-order valence-corrected chi connectivity index (χ1v) is 6.37. The predicted molar refractivity (Wildman–Crippen MR) is 72.3 cm³/mol. The van der Waals surface area contributed by atoms with Gasteiger partial charge >= 0.3 is 0 Å². The minimum Gasteiger partial charge on any atom is -0.496 e. The molecule has 0 aliphatic carbocycles. The lowest BCUT2D eigenvalue weighted by molar-refractivity contribution is 0.329. The Morgan fingerprint density at radius 1 is 1.22 bits per heavy atom. The Hall–Kier alpha value is -1.26. The predicted octanol–water partition coefficient (Wildman–Crippen LogP) is 1.32. The van der Waals surface area contributed by atoms with Crippen LogP contribution in [0.4, 0.5) is 0 Å². The number of nitrogens with one attached hydrogen (secondary N) is 2. The van der Waals surface area contributed by atoms with Crippen molar-refractivity contribution in [1.82, 2.24) is 10.6 Å². The van der Waals surface area contributed by atoms with Crippen LogP contribution in [0.5, 0.6) is 11.5 Å². The van der Waals surface area contributed by atoms with Gasteiger partial charge in [0.2, 0.25) is 0 Å². The fraction of sp³-hybridized carbons (Fsp3) is 0.571. The summed E-state index contributed by atoms with van der Waals surface area (Å²) in [7, 11) is 3.41. The number of hydrogen-bond donors (Lipinski definition) is 2. The molecule has 0 aromatic heterocycles. The number of methoxy groups -OCH3 is 2. The molecule has 1 heterocycles. The van der Waals surface area contributed by atoms with E-state index in [9.17, 15) is 0 Å². The monoisotopic (exact) mass is 250 g/mol. The zero-order valence-corrected chi connectivity index (χ0v) is 11.4. The molecule has 0 saturated carbocycles. The van der Waals surface area contributed by atoms with Crippen LogP contribution in [0.1, 0.15) is 11.1 Å². The molecule has 4 nitrogen and oxygen atoms in total. The second-order valence-corrected chi connectivity index (χ2v) is 4.79. The van der Waals surface area contributed by atoms with Crippen LogP contribution < -0.4 is 20.1 Å². The summed E-state index contributed by atoms with van der Waals surface area (Å²) in [4.78, 5) is 0. The highest BCUT2D eigenvalue weighted by Crippen LogP contribution is 2.28. The van der Waals surface area contributed by atoms with Crippen LogP contribution in [0, 0.1) is 12.8 Å². The van der Waals surface area contributed by atoms with Crippen molar-refractivity contribution in [2.75, 3.05) is 33.9 Å². The van der Waals surface area contributed by atoms with Crippen molar-refractivity contribution in [3.8, 4) is 11.5 Å². The Morgan fingerprint density at radius 3 is 2.50 bits per heavy atom. The average Bonchev–Trinajstić information content (AvgIpc) is 2.33. The molecule has 4 heteroatoms. The molecule has 1 aromatic rings. The summed E-state index contributed by atoms with van der Waals surface area (Å²) in [5.74, 6) is 2.61. The third-order valence-electron chi connectivity index (χ3n) is 3.41. The Balaban J connectivity index is 1.99. The summed E-state index contributed by atoms with van der Waals surface area (Å²) in [5, 5.41) is 6.75. The Labute approximate surface area is 109 Å². The molecule has 1 aliphatic heterocycles. The van der Waals surface area contributed by atoms with Crippen molar-refractivity contribution in [1.29, 1.82) is 0 Å². The Kier molecular flexibility index (Phi) is 4.44. The van der Waals surface area contributed by atoms with E-state index in [2.05, 4.69) is 16.7 Å². The first-order chi connectivity index (χ1) is 8.74. The first kappa shape index (κ1) is 13.2. The van der Waals surface area contributed by atoms with Crippen molar-refractivity contribution in [3.63, 3.8) is 0 Å². The molecule has 0 atom stereocenters. The molecule has 1 aromatic carbocycles. The molecule has 1 aliphatic rings. The van der Waals surface area contributed by atoms with Gasteiger partial charge in [0.25, 0.3) is 0 Å². The van der Waals surface area contributed by atoms with Crippen molar-refractivity contribution in [2.24, 2.45) is 5.92 Å². The highest BCUT2D eigenvalue weighted by atomic mass is 16.5. The zero-order valence-electron chi connectivity index (χ0n) is 11.4. The van der Waals surface area contributed by atoms with Gasteiger partial charge in [-0.05, 0) is 30.5 Å². The highest BCUT2D eigenvalue weighted by molar-refractivity contribution is 5.45. The van der Waals surface area contributed by atoms with Gasteiger partial charge in [-0.3, -0.25) is 0 Å². The average molecular weight is 250 g/mol. The van der Waals surface area contributed by atoms with Crippen LogP contribution in [0.2, 0.25) is 0 Å². The third kappa shape index (κ3) is 2.94. The Bertz CT molecular complexity index is 403. The van der Waals surface area contributed by atoms with Gasteiger partial charge in [-0.2, -0.15) is 0 Å². The van der Waals surface area contributed by atoms with Crippen molar-refractivity contribution in [2.45, 2.75) is 13.5 Å². The minimum atomic E-state index is 0.767. The van der Waals surface area contributed by atoms with Gasteiger partial charge in [0.05, 0.1) is 14.2 Å². The molecule has 1 fully saturated rings. The lowest BCUT2D eigenvalue weighted by Crippen LogP contribution is -2.47. The number of hydrogen-bond acceptors (Lipinski definition) is 4. The van der Waals surface area contributed by atoms with Crippen molar-refractivity contribution >= 4 is 0 Å². The van der Waals surface area contributed by atoms with Crippen molar-refractivity contribution in [3.05, 3.63) is 23.3 Å². The quantitative estimate of drug-likeness (QED) is 0.799. The van der Waals surface area contributed by atoms with Gasteiger partial charge in [-0.15, -0.1) is 0 Å². The van der Waals surface area contributed by atoms with Gasteiger partial charge in [0.15, 0.2) is 0 Å². The van der Waals surface area contributed by atoms with E-state index >= 15 is 0 Å². The van der Waals surface area contributed by atoms with Crippen LogP contribution in [-0.4, -0.2) is 33.9 Å². The van der Waals surface area contributed by atoms with Crippen LogP contribution >= 0.6 is 0 Å². The van der Waals surface area contributed by atoms with Crippen LogP contribution in [0.25, 0.3) is 0 Å². The SMILES string of the molecule is COc1cc(CNCC2CNC2)c(OC)cc1C. The topological polar surface area (TPSA) is 42.5 Å². The number of rotatable bonds is 6. The summed E-state index contributed by atoms with van der Waals surface area (Å²) in [6, 6.07) is 4.08. The van der Waals surface area contributed by atoms with Crippen LogP contribution in [0.3, 0.4) is 0 Å². The van der Waals surface area contributed by atoms with Gasteiger partial charge in [0, 0.05) is 31.7 Å². The summed E-state index contributed by atoms with van der Waals surface area (Å²) in [6.45, 7) is 6.14. The van der Waals surface area contributed by atoms with Gasteiger partial charge in [-0.25, -0.2) is 0 Å². The summed E-state index contributed by atoms with van der Waals surface area (Å²) in [5.41, 5.74) is 2.24. The van der Waals surface area contributed by atoms with Crippen molar-refractivity contribution < 1.29 is 9.47 Å². The fourth-order valence-corrected chi connectivity index (χ4v) is 2.16. The lowest BCUT2D eigenvalue weighted by Gasteiger charge is -2.27. The first-order valence-electron chi connectivity index (χ1n) is 6.37. The number of aryl methyl sites for hydroxylation is 1. The standard InChI is InChI=1S/C14H22N2O2/c1-10-4-14(18-3)12(5-13(10)17-2)9-16-8-11-6-15-7-11/h4-5,11,15-16H,6-9H2,1-3H3. The van der Waals surface area contributed by atoms with E-state index in [1.54, 1.807) is 14.2 Å². The maximum Gasteiger partial charge on any atom is 0.123 e. The Morgan fingerprint density at radius 2 is 1.94 bits per heavy atom. The second kappa shape index (κ2) is 6.07. The zero-order chi connectivity index (χ0) is 13.0. The minimum absolute atomic E-state index is 0.767. The maximum atomic E-state index is 5.42. The van der Waals surface area contributed by atoms with Crippen LogP contribution in [-0.2, 0) is 6.54 Å². The van der Waals surface area contributed by atoms with Gasteiger partial charge < -0.3 is 20.1 Å². The summed E-state index contributed by atoms with van der Waals surface area (Å²) < 4.78 is 10.8. The van der Waals surface area contributed by atoms with Crippen LogP contribution in [0.15, 0.2) is 12.1 Å². The molecule has 0 unspecified atom stereocenters.